The third-order valence-corrected chi connectivity index (χ3v) is 5.09. The van der Waals surface area contributed by atoms with Crippen molar-refractivity contribution in [3.8, 4) is 5.69 Å². The Morgan fingerprint density at radius 1 is 1.27 bits per heavy atom. The molecule has 0 spiro atoms. The van der Waals surface area contributed by atoms with Gasteiger partial charge in [0.25, 0.3) is 0 Å². The van der Waals surface area contributed by atoms with Gasteiger partial charge >= 0.3 is 0 Å². The molecule has 1 atom stereocenters. The molecule has 3 rings (SSSR count). The number of aromatic nitrogens is 1. The van der Waals surface area contributed by atoms with Gasteiger partial charge in [0.2, 0.25) is 5.91 Å². The molecule has 116 valence electrons. The van der Waals surface area contributed by atoms with Gasteiger partial charge in [0.1, 0.15) is 5.37 Å². The molecule has 1 aromatic carbocycles. The monoisotopic (exact) mass is 316 g/mol. The van der Waals surface area contributed by atoms with Crippen LogP contribution in [0.25, 0.3) is 5.69 Å². The van der Waals surface area contributed by atoms with Gasteiger partial charge in [0.15, 0.2) is 0 Å². The molecule has 0 aliphatic carbocycles. The molecule has 1 aromatic heterocycles. The molecule has 2 aromatic rings. The van der Waals surface area contributed by atoms with E-state index in [4.69, 9.17) is 4.74 Å². The summed E-state index contributed by atoms with van der Waals surface area (Å²) in [5, 5.41) is 0.0920. The molecule has 2 heterocycles. The summed E-state index contributed by atoms with van der Waals surface area (Å²) in [4.78, 5) is 13.9. The number of benzene rings is 1. The molecule has 0 unspecified atom stereocenters. The van der Waals surface area contributed by atoms with E-state index in [1.807, 2.05) is 4.90 Å². The van der Waals surface area contributed by atoms with Gasteiger partial charge in [0.05, 0.1) is 12.4 Å². The van der Waals surface area contributed by atoms with Gasteiger partial charge in [0, 0.05) is 37.3 Å². The van der Waals surface area contributed by atoms with E-state index in [1.165, 1.54) is 5.56 Å². The van der Waals surface area contributed by atoms with Crippen molar-refractivity contribution < 1.29 is 9.53 Å². The minimum Gasteiger partial charge on any atom is -0.383 e. The summed E-state index contributed by atoms with van der Waals surface area (Å²) < 4.78 is 7.22. The normalized spacial score (nSPS) is 18.2. The molecule has 1 aliphatic rings. The van der Waals surface area contributed by atoms with Crippen molar-refractivity contribution >= 4 is 17.7 Å². The Bertz CT molecular complexity index is 651. The standard InChI is InChI=1S/C17H20N2O2S/c1-13-3-5-15(6-4-13)18-8-7-14(11-18)17-19(9-10-21-2)16(20)12-22-17/h3-8,11,17H,9-10,12H2,1-2H3/t17-/m1/s1. The van der Waals surface area contributed by atoms with Gasteiger partial charge in [-0.2, -0.15) is 0 Å². The maximum Gasteiger partial charge on any atom is 0.233 e. The number of rotatable bonds is 5. The third-order valence-electron chi connectivity index (χ3n) is 3.84. The van der Waals surface area contributed by atoms with Crippen LogP contribution in [-0.4, -0.2) is 41.4 Å². The predicted molar refractivity (Wildman–Crippen MR) is 89.3 cm³/mol. The maximum absolute atomic E-state index is 12.0. The van der Waals surface area contributed by atoms with Gasteiger partial charge in [-0.1, -0.05) is 17.7 Å². The Kier molecular flexibility index (Phi) is 4.55. The smallest absolute Gasteiger partial charge is 0.233 e. The third kappa shape index (κ3) is 3.05. The molecule has 5 heteroatoms. The summed E-state index contributed by atoms with van der Waals surface area (Å²) >= 11 is 1.68. The van der Waals surface area contributed by atoms with E-state index in [0.29, 0.717) is 18.9 Å². The van der Waals surface area contributed by atoms with Crippen LogP contribution >= 0.6 is 11.8 Å². The number of carbonyl (C=O) groups excluding carboxylic acids is 1. The number of carbonyl (C=O) groups is 1. The lowest BCUT2D eigenvalue weighted by Crippen LogP contribution is -2.31. The van der Waals surface area contributed by atoms with Crippen LogP contribution in [0, 0.1) is 6.92 Å². The van der Waals surface area contributed by atoms with Gasteiger partial charge in [-0.3, -0.25) is 4.79 Å². The van der Waals surface area contributed by atoms with Crippen LogP contribution < -0.4 is 0 Å². The first-order chi connectivity index (χ1) is 10.7. The Morgan fingerprint density at radius 2 is 2.05 bits per heavy atom. The van der Waals surface area contributed by atoms with Gasteiger partial charge in [-0.05, 0) is 25.1 Å². The van der Waals surface area contributed by atoms with E-state index in [2.05, 4.69) is 54.2 Å². The van der Waals surface area contributed by atoms with Crippen molar-refractivity contribution in [2.75, 3.05) is 26.0 Å². The number of nitrogens with zero attached hydrogens (tertiary/aromatic N) is 2. The fraction of sp³-hybridized carbons (Fsp3) is 0.353. The number of ether oxygens (including phenoxy) is 1. The molecule has 0 bridgehead atoms. The molecule has 1 aliphatic heterocycles. The molecule has 1 fully saturated rings. The van der Waals surface area contributed by atoms with Crippen LogP contribution in [0.1, 0.15) is 16.5 Å². The second-order valence-corrected chi connectivity index (χ2v) is 6.50. The second kappa shape index (κ2) is 6.58. The van der Waals surface area contributed by atoms with Crippen LogP contribution in [0.2, 0.25) is 0 Å². The van der Waals surface area contributed by atoms with E-state index in [-0.39, 0.29) is 11.3 Å². The Labute approximate surface area is 135 Å². The first kappa shape index (κ1) is 15.2. The SMILES string of the molecule is COCCN1C(=O)CS[C@@H]1c1ccn(-c2ccc(C)cc2)c1. The highest BCUT2D eigenvalue weighted by Gasteiger charge is 2.32. The number of aryl methyl sites for hydroxylation is 1. The molecule has 0 radical (unpaired) electrons. The topological polar surface area (TPSA) is 34.5 Å². The lowest BCUT2D eigenvalue weighted by atomic mass is 10.2. The molecule has 0 saturated carbocycles. The fourth-order valence-corrected chi connectivity index (χ4v) is 3.80. The zero-order valence-corrected chi connectivity index (χ0v) is 13.7. The summed E-state index contributed by atoms with van der Waals surface area (Å²) in [7, 11) is 1.66. The summed E-state index contributed by atoms with van der Waals surface area (Å²) in [6.45, 7) is 3.30. The van der Waals surface area contributed by atoms with Crippen molar-refractivity contribution in [1.82, 2.24) is 9.47 Å². The predicted octanol–water partition coefficient (Wildman–Crippen LogP) is 3.01. The molecular formula is C17H20N2O2S. The Morgan fingerprint density at radius 3 is 2.77 bits per heavy atom. The minimum atomic E-state index is 0.0920. The summed E-state index contributed by atoms with van der Waals surface area (Å²) in [6.07, 6.45) is 4.17. The van der Waals surface area contributed by atoms with Gasteiger partial charge in [-0.15, -0.1) is 11.8 Å². The lowest BCUT2D eigenvalue weighted by molar-refractivity contribution is -0.128. The van der Waals surface area contributed by atoms with E-state index in [0.717, 1.165) is 11.3 Å². The number of amides is 1. The van der Waals surface area contributed by atoms with Crippen LogP contribution in [0.4, 0.5) is 0 Å². The average Bonchev–Trinajstić information content (AvgIpc) is 3.13. The van der Waals surface area contributed by atoms with Gasteiger partial charge < -0.3 is 14.2 Å². The molecule has 1 amide bonds. The number of methoxy groups -OCH3 is 1. The van der Waals surface area contributed by atoms with Crippen molar-refractivity contribution in [3.63, 3.8) is 0 Å². The minimum absolute atomic E-state index is 0.0920. The van der Waals surface area contributed by atoms with Crippen molar-refractivity contribution in [2.24, 2.45) is 0 Å². The summed E-state index contributed by atoms with van der Waals surface area (Å²) in [5.41, 5.74) is 3.54. The van der Waals surface area contributed by atoms with E-state index < -0.39 is 0 Å². The quantitative estimate of drug-likeness (QED) is 0.850. The first-order valence-electron chi connectivity index (χ1n) is 7.34. The van der Waals surface area contributed by atoms with E-state index >= 15 is 0 Å². The van der Waals surface area contributed by atoms with E-state index in [9.17, 15) is 4.79 Å². The summed E-state index contributed by atoms with van der Waals surface area (Å²) in [5.74, 6) is 0.736. The van der Waals surface area contributed by atoms with Crippen molar-refractivity contribution in [1.29, 1.82) is 0 Å². The molecular weight excluding hydrogens is 296 g/mol. The molecule has 4 nitrogen and oxygen atoms in total. The molecule has 22 heavy (non-hydrogen) atoms. The second-order valence-electron chi connectivity index (χ2n) is 5.43. The molecule has 1 saturated heterocycles. The number of thioether (sulfide) groups is 1. The van der Waals surface area contributed by atoms with Crippen LogP contribution in [-0.2, 0) is 9.53 Å². The Balaban J connectivity index is 1.80. The maximum atomic E-state index is 12.0. The zero-order valence-electron chi connectivity index (χ0n) is 12.9. The van der Waals surface area contributed by atoms with E-state index in [1.54, 1.807) is 18.9 Å². The van der Waals surface area contributed by atoms with Crippen LogP contribution in [0.5, 0.6) is 0 Å². The average molecular weight is 316 g/mol. The number of hydrogen-bond donors (Lipinski definition) is 0. The molecule has 0 N–H and O–H groups in total. The highest BCUT2D eigenvalue weighted by Crippen LogP contribution is 2.38. The number of hydrogen-bond acceptors (Lipinski definition) is 3. The van der Waals surface area contributed by atoms with Crippen LogP contribution in [0.3, 0.4) is 0 Å². The van der Waals surface area contributed by atoms with Crippen molar-refractivity contribution in [2.45, 2.75) is 12.3 Å². The Hall–Kier alpha value is -1.72. The summed E-state index contributed by atoms with van der Waals surface area (Å²) in [6, 6.07) is 10.5. The highest BCUT2D eigenvalue weighted by molar-refractivity contribution is 8.00. The largest absolute Gasteiger partial charge is 0.383 e. The van der Waals surface area contributed by atoms with Crippen LogP contribution in [0.15, 0.2) is 42.7 Å². The van der Waals surface area contributed by atoms with Gasteiger partial charge in [-0.25, -0.2) is 0 Å². The lowest BCUT2D eigenvalue weighted by Gasteiger charge is -2.22. The highest BCUT2D eigenvalue weighted by atomic mass is 32.2. The fourth-order valence-electron chi connectivity index (χ4n) is 2.60. The van der Waals surface area contributed by atoms with Crippen molar-refractivity contribution in [3.05, 3.63) is 53.9 Å². The first-order valence-corrected chi connectivity index (χ1v) is 8.39. The zero-order chi connectivity index (χ0) is 15.5.